The van der Waals surface area contributed by atoms with Gasteiger partial charge in [-0.05, 0) is 36.6 Å². The van der Waals surface area contributed by atoms with Gasteiger partial charge in [0.2, 0.25) is 5.91 Å². The lowest BCUT2D eigenvalue weighted by Gasteiger charge is -2.14. The Balaban J connectivity index is 1.89. The van der Waals surface area contributed by atoms with Gasteiger partial charge in [0.05, 0.1) is 0 Å². The van der Waals surface area contributed by atoms with Crippen molar-refractivity contribution in [3.05, 3.63) is 70.8 Å². The molecule has 0 aromatic heterocycles. The number of nitrogens with zero attached hydrogens (tertiary/aromatic N) is 1. The third-order valence-corrected chi connectivity index (χ3v) is 4.01. The van der Waals surface area contributed by atoms with Gasteiger partial charge in [0.25, 0.3) is 5.91 Å². The number of carbonyl (C=O) groups is 2. The number of carbonyl (C=O) groups excluding carboxylic acids is 2. The molecule has 2 amide bonds. The molecule has 5 nitrogen and oxygen atoms in total. The summed E-state index contributed by atoms with van der Waals surface area (Å²) in [7, 11) is 3.45. The second-order valence-corrected chi connectivity index (χ2v) is 6.33. The van der Waals surface area contributed by atoms with Gasteiger partial charge in [0.1, 0.15) is 6.04 Å². The van der Waals surface area contributed by atoms with E-state index >= 15 is 0 Å². The van der Waals surface area contributed by atoms with Crippen molar-refractivity contribution in [2.75, 3.05) is 20.6 Å². The van der Waals surface area contributed by atoms with Crippen molar-refractivity contribution in [2.24, 2.45) is 5.73 Å². The van der Waals surface area contributed by atoms with E-state index in [9.17, 15) is 9.59 Å². The van der Waals surface area contributed by atoms with Crippen LogP contribution in [0.5, 0.6) is 0 Å². The Morgan fingerprint density at radius 2 is 1.80 bits per heavy atom. The van der Waals surface area contributed by atoms with Gasteiger partial charge in [-0.1, -0.05) is 42.0 Å². The normalized spacial score (nSPS) is 11.7. The molecule has 1 unspecified atom stereocenters. The fourth-order valence-corrected chi connectivity index (χ4v) is 2.48. The molecule has 0 aliphatic rings. The Hall–Kier alpha value is -2.66. The average Bonchev–Trinajstić information content (AvgIpc) is 2.61. The van der Waals surface area contributed by atoms with Crippen LogP contribution in [0.15, 0.2) is 48.5 Å². The van der Waals surface area contributed by atoms with E-state index in [4.69, 9.17) is 5.73 Å². The summed E-state index contributed by atoms with van der Waals surface area (Å²) in [6.45, 7) is 2.46. The molecule has 132 valence electrons. The minimum Gasteiger partial charge on any atom is -0.354 e. The number of hydrogen-bond acceptors (Lipinski definition) is 3. The maximum Gasteiger partial charge on any atom is 0.253 e. The smallest absolute Gasteiger partial charge is 0.253 e. The van der Waals surface area contributed by atoms with Gasteiger partial charge in [-0.2, -0.15) is 0 Å². The average molecular weight is 339 g/mol. The summed E-state index contributed by atoms with van der Waals surface area (Å²) in [5, 5.41) is 2.86. The molecule has 0 bridgehead atoms. The lowest BCUT2D eigenvalue weighted by atomic mass is 10.0. The van der Waals surface area contributed by atoms with E-state index in [1.165, 1.54) is 0 Å². The van der Waals surface area contributed by atoms with Crippen LogP contribution in [-0.4, -0.2) is 37.4 Å². The Morgan fingerprint density at radius 3 is 2.44 bits per heavy atom. The number of aryl methyl sites for hydroxylation is 1. The largest absolute Gasteiger partial charge is 0.354 e. The molecule has 2 rings (SSSR count). The van der Waals surface area contributed by atoms with Crippen LogP contribution >= 0.6 is 0 Å². The molecule has 0 spiro atoms. The standard InChI is InChI=1S/C20H25N3O2/c1-14-7-9-16(10-8-14)18(21)19(24)22-12-11-15-5-4-6-17(13-15)20(25)23(2)3/h4-10,13,18H,11-12,21H2,1-3H3,(H,22,24). The van der Waals surface area contributed by atoms with E-state index in [0.717, 1.165) is 16.7 Å². The van der Waals surface area contributed by atoms with Crippen molar-refractivity contribution < 1.29 is 9.59 Å². The highest BCUT2D eigenvalue weighted by molar-refractivity contribution is 5.94. The molecule has 1 atom stereocenters. The molecule has 0 fully saturated rings. The van der Waals surface area contributed by atoms with Gasteiger partial charge in [0, 0.05) is 26.2 Å². The fourth-order valence-electron chi connectivity index (χ4n) is 2.48. The molecule has 0 aliphatic heterocycles. The summed E-state index contributed by atoms with van der Waals surface area (Å²) in [6, 6.07) is 14.4. The van der Waals surface area contributed by atoms with Crippen LogP contribution < -0.4 is 11.1 Å². The molecule has 0 radical (unpaired) electrons. The van der Waals surface area contributed by atoms with Gasteiger partial charge in [-0.15, -0.1) is 0 Å². The van der Waals surface area contributed by atoms with Crippen LogP contribution in [0.1, 0.15) is 33.1 Å². The van der Waals surface area contributed by atoms with Crippen molar-refractivity contribution in [1.29, 1.82) is 0 Å². The maximum atomic E-state index is 12.2. The molecule has 0 aliphatic carbocycles. The van der Waals surface area contributed by atoms with Crippen molar-refractivity contribution in [1.82, 2.24) is 10.2 Å². The molecule has 25 heavy (non-hydrogen) atoms. The zero-order chi connectivity index (χ0) is 18.4. The minimum absolute atomic E-state index is 0.0349. The van der Waals surface area contributed by atoms with Crippen LogP contribution in [0.25, 0.3) is 0 Å². The Bertz CT molecular complexity index is 739. The number of hydrogen-bond donors (Lipinski definition) is 2. The quantitative estimate of drug-likeness (QED) is 0.846. The van der Waals surface area contributed by atoms with Gasteiger partial charge in [-0.3, -0.25) is 9.59 Å². The van der Waals surface area contributed by atoms with E-state index in [1.807, 2.05) is 49.4 Å². The first kappa shape index (κ1) is 18.7. The predicted octanol–water partition coefficient (Wildman–Crippen LogP) is 2.06. The summed E-state index contributed by atoms with van der Waals surface area (Å²) in [5.41, 5.74) is 9.57. The van der Waals surface area contributed by atoms with E-state index in [2.05, 4.69) is 5.32 Å². The van der Waals surface area contributed by atoms with Gasteiger partial charge in [-0.25, -0.2) is 0 Å². The first-order chi connectivity index (χ1) is 11.9. The minimum atomic E-state index is -0.678. The lowest BCUT2D eigenvalue weighted by Crippen LogP contribution is -2.35. The molecule has 0 saturated heterocycles. The lowest BCUT2D eigenvalue weighted by molar-refractivity contribution is -0.122. The zero-order valence-corrected chi connectivity index (χ0v) is 15.0. The summed E-state index contributed by atoms with van der Waals surface area (Å²) in [5.74, 6) is -0.239. The second-order valence-electron chi connectivity index (χ2n) is 6.33. The van der Waals surface area contributed by atoms with Crippen LogP contribution in [0.3, 0.4) is 0 Å². The second kappa shape index (κ2) is 8.44. The molecule has 2 aromatic carbocycles. The number of nitrogens with one attached hydrogen (secondary N) is 1. The van der Waals surface area contributed by atoms with Crippen molar-refractivity contribution in [3.63, 3.8) is 0 Å². The van der Waals surface area contributed by atoms with Gasteiger partial charge in [0.15, 0.2) is 0 Å². The first-order valence-corrected chi connectivity index (χ1v) is 8.29. The molecular weight excluding hydrogens is 314 g/mol. The van der Waals surface area contributed by atoms with E-state index in [-0.39, 0.29) is 11.8 Å². The summed E-state index contributed by atoms with van der Waals surface area (Å²) in [4.78, 5) is 25.7. The Labute approximate surface area is 148 Å². The van der Waals surface area contributed by atoms with Crippen LogP contribution in [0.4, 0.5) is 0 Å². The van der Waals surface area contributed by atoms with Crippen LogP contribution in [0, 0.1) is 6.92 Å². The highest BCUT2D eigenvalue weighted by Crippen LogP contribution is 2.12. The highest BCUT2D eigenvalue weighted by atomic mass is 16.2. The Morgan fingerprint density at radius 1 is 1.12 bits per heavy atom. The van der Waals surface area contributed by atoms with Crippen LogP contribution in [0.2, 0.25) is 0 Å². The van der Waals surface area contributed by atoms with E-state index in [0.29, 0.717) is 18.5 Å². The zero-order valence-electron chi connectivity index (χ0n) is 15.0. The number of amides is 2. The molecule has 5 heteroatoms. The monoisotopic (exact) mass is 339 g/mol. The number of nitrogens with two attached hydrogens (primary N) is 1. The molecule has 3 N–H and O–H groups in total. The van der Waals surface area contributed by atoms with Crippen LogP contribution in [-0.2, 0) is 11.2 Å². The summed E-state index contributed by atoms with van der Waals surface area (Å²) < 4.78 is 0. The van der Waals surface area contributed by atoms with Gasteiger partial charge < -0.3 is 16.0 Å². The highest BCUT2D eigenvalue weighted by Gasteiger charge is 2.15. The third-order valence-electron chi connectivity index (χ3n) is 4.01. The number of benzene rings is 2. The van der Waals surface area contributed by atoms with Gasteiger partial charge >= 0.3 is 0 Å². The van der Waals surface area contributed by atoms with Crippen molar-refractivity contribution in [3.8, 4) is 0 Å². The molecular formula is C20H25N3O2. The van der Waals surface area contributed by atoms with E-state index in [1.54, 1.807) is 25.1 Å². The van der Waals surface area contributed by atoms with E-state index < -0.39 is 6.04 Å². The molecule has 0 heterocycles. The first-order valence-electron chi connectivity index (χ1n) is 8.29. The fraction of sp³-hybridized carbons (Fsp3) is 0.300. The number of rotatable bonds is 6. The third kappa shape index (κ3) is 5.16. The van der Waals surface area contributed by atoms with Crippen molar-refractivity contribution >= 4 is 11.8 Å². The summed E-state index contributed by atoms with van der Waals surface area (Å²) >= 11 is 0. The SMILES string of the molecule is Cc1ccc(C(N)C(=O)NCCc2cccc(C(=O)N(C)C)c2)cc1. The molecule has 2 aromatic rings. The van der Waals surface area contributed by atoms with Crippen molar-refractivity contribution in [2.45, 2.75) is 19.4 Å². The Kier molecular flexibility index (Phi) is 6.31. The predicted molar refractivity (Wildman–Crippen MR) is 99.3 cm³/mol. The summed E-state index contributed by atoms with van der Waals surface area (Å²) in [6.07, 6.45) is 0.640. The topological polar surface area (TPSA) is 75.4 Å². The molecule has 0 saturated carbocycles. The maximum absolute atomic E-state index is 12.2.